The van der Waals surface area contributed by atoms with E-state index >= 15 is 0 Å². The van der Waals surface area contributed by atoms with Crippen LogP contribution in [0, 0.1) is 5.92 Å². The maximum Gasteiger partial charge on any atom is 0.211 e. The molecule has 1 rings (SSSR count). The summed E-state index contributed by atoms with van der Waals surface area (Å²) in [6, 6.07) is 0. The highest BCUT2D eigenvalue weighted by molar-refractivity contribution is 5.76. The molecular formula is C7H14N4O. The summed E-state index contributed by atoms with van der Waals surface area (Å²) >= 11 is 0. The standard InChI is InChI=1S/C7H14N4O/c8-7(9)11-10-5-6-1-3-12-4-2-6/h5-6H,1-4H2,(H4,8,9,11)/b10-5+. The van der Waals surface area contributed by atoms with E-state index in [-0.39, 0.29) is 5.96 Å². The lowest BCUT2D eigenvalue weighted by atomic mass is 10.0. The van der Waals surface area contributed by atoms with E-state index in [0.717, 1.165) is 26.1 Å². The van der Waals surface area contributed by atoms with Gasteiger partial charge in [0.2, 0.25) is 5.96 Å². The highest BCUT2D eigenvalue weighted by Crippen LogP contribution is 2.11. The monoisotopic (exact) mass is 170 g/mol. The van der Waals surface area contributed by atoms with Gasteiger partial charge in [0.25, 0.3) is 0 Å². The highest BCUT2D eigenvalue weighted by Gasteiger charge is 2.10. The van der Waals surface area contributed by atoms with Crippen LogP contribution in [0.3, 0.4) is 0 Å². The zero-order chi connectivity index (χ0) is 8.81. The molecule has 0 amide bonds. The molecule has 4 N–H and O–H groups in total. The molecule has 68 valence electrons. The summed E-state index contributed by atoms with van der Waals surface area (Å²) in [6.45, 7) is 1.61. The molecule has 0 aromatic rings. The van der Waals surface area contributed by atoms with Gasteiger partial charge in [-0.2, -0.15) is 5.10 Å². The van der Waals surface area contributed by atoms with Gasteiger partial charge < -0.3 is 16.2 Å². The minimum Gasteiger partial charge on any atom is -0.381 e. The Morgan fingerprint density at radius 1 is 1.33 bits per heavy atom. The van der Waals surface area contributed by atoms with Crippen molar-refractivity contribution >= 4 is 12.2 Å². The quantitative estimate of drug-likeness (QED) is 0.338. The summed E-state index contributed by atoms with van der Waals surface area (Å²) in [4.78, 5) is 0. The first-order valence-corrected chi connectivity index (χ1v) is 3.99. The normalized spacial score (nSPS) is 19.7. The molecule has 1 saturated heterocycles. The third kappa shape index (κ3) is 3.34. The van der Waals surface area contributed by atoms with Gasteiger partial charge in [0, 0.05) is 25.3 Å². The van der Waals surface area contributed by atoms with E-state index in [9.17, 15) is 0 Å². The van der Waals surface area contributed by atoms with Crippen molar-refractivity contribution in [3.63, 3.8) is 0 Å². The van der Waals surface area contributed by atoms with Crippen molar-refractivity contribution in [2.24, 2.45) is 27.6 Å². The lowest BCUT2D eigenvalue weighted by molar-refractivity contribution is 0.0838. The van der Waals surface area contributed by atoms with Gasteiger partial charge in [-0.1, -0.05) is 0 Å². The Labute approximate surface area is 71.5 Å². The van der Waals surface area contributed by atoms with Crippen LogP contribution in [-0.4, -0.2) is 25.4 Å². The van der Waals surface area contributed by atoms with Gasteiger partial charge in [0.1, 0.15) is 0 Å². The van der Waals surface area contributed by atoms with Crippen LogP contribution < -0.4 is 11.5 Å². The summed E-state index contributed by atoms with van der Waals surface area (Å²) in [7, 11) is 0. The minimum atomic E-state index is -0.00157. The van der Waals surface area contributed by atoms with Gasteiger partial charge in [-0.05, 0) is 12.8 Å². The van der Waals surface area contributed by atoms with Crippen LogP contribution in [0.5, 0.6) is 0 Å². The number of guanidine groups is 1. The van der Waals surface area contributed by atoms with Crippen LogP contribution in [0.4, 0.5) is 0 Å². The van der Waals surface area contributed by atoms with Gasteiger partial charge in [-0.15, -0.1) is 5.10 Å². The minimum absolute atomic E-state index is 0.00157. The second kappa shape index (κ2) is 4.71. The Balaban J connectivity index is 2.29. The second-order valence-corrected chi connectivity index (χ2v) is 2.74. The average molecular weight is 170 g/mol. The second-order valence-electron chi connectivity index (χ2n) is 2.74. The Hall–Kier alpha value is -1.10. The zero-order valence-electron chi connectivity index (χ0n) is 6.94. The van der Waals surface area contributed by atoms with Gasteiger partial charge in [-0.25, -0.2) is 0 Å². The van der Waals surface area contributed by atoms with Gasteiger partial charge in [-0.3, -0.25) is 0 Å². The fourth-order valence-corrected chi connectivity index (χ4v) is 1.06. The first-order valence-electron chi connectivity index (χ1n) is 3.99. The smallest absolute Gasteiger partial charge is 0.211 e. The summed E-state index contributed by atoms with van der Waals surface area (Å²) < 4.78 is 5.18. The Morgan fingerprint density at radius 3 is 2.58 bits per heavy atom. The van der Waals surface area contributed by atoms with E-state index in [1.165, 1.54) is 0 Å². The number of nitrogens with zero attached hydrogens (tertiary/aromatic N) is 2. The molecule has 1 fully saturated rings. The topological polar surface area (TPSA) is 86.0 Å². The van der Waals surface area contributed by atoms with Gasteiger partial charge in [0.15, 0.2) is 0 Å². The largest absolute Gasteiger partial charge is 0.381 e. The summed E-state index contributed by atoms with van der Waals surface area (Å²) in [6.07, 6.45) is 3.79. The molecule has 12 heavy (non-hydrogen) atoms. The number of rotatable bonds is 2. The summed E-state index contributed by atoms with van der Waals surface area (Å²) in [5.74, 6) is 0.458. The van der Waals surface area contributed by atoms with Crippen molar-refractivity contribution in [1.82, 2.24) is 0 Å². The molecule has 0 unspecified atom stereocenters. The predicted molar refractivity (Wildman–Crippen MR) is 47.8 cm³/mol. The number of hydrogen-bond donors (Lipinski definition) is 2. The highest BCUT2D eigenvalue weighted by atomic mass is 16.5. The molecule has 1 heterocycles. The molecule has 0 aromatic carbocycles. The fourth-order valence-electron chi connectivity index (χ4n) is 1.06. The average Bonchev–Trinajstić information content (AvgIpc) is 2.05. The summed E-state index contributed by atoms with van der Waals surface area (Å²) in [5.41, 5.74) is 10.2. The fraction of sp³-hybridized carbons (Fsp3) is 0.714. The maximum atomic E-state index is 5.18. The van der Waals surface area contributed by atoms with Crippen LogP contribution in [0.2, 0.25) is 0 Å². The lowest BCUT2D eigenvalue weighted by Gasteiger charge is -2.17. The third-order valence-corrected chi connectivity index (χ3v) is 1.72. The zero-order valence-corrected chi connectivity index (χ0v) is 6.94. The van der Waals surface area contributed by atoms with Crippen molar-refractivity contribution in [3.8, 4) is 0 Å². The molecular weight excluding hydrogens is 156 g/mol. The molecule has 0 radical (unpaired) electrons. The van der Waals surface area contributed by atoms with Crippen LogP contribution in [0.25, 0.3) is 0 Å². The van der Waals surface area contributed by atoms with Crippen LogP contribution >= 0.6 is 0 Å². The van der Waals surface area contributed by atoms with E-state index in [2.05, 4.69) is 10.2 Å². The first kappa shape index (κ1) is 8.99. The van der Waals surface area contributed by atoms with Gasteiger partial charge >= 0.3 is 0 Å². The Morgan fingerprint density at radius 2 is 2.00 bits per heavy atom. The van der Waals surface area contributed by atoms with E-state index in [0.29, 0.717) is 5.92 Å². The molecule has 0 saturated carbocycles. The number of hydrogen-bond acceptors (Lipinski definition) is 3. The molecule has 1 aliphatic rings. The van der Waals surface area contributed by atoms with Crippen LogP contribution in [-0.2, 0) is 4.74 Å². The maximum absolute atomic E-state index is 5.18. The SMILES string of the molecule is NC(N)=N/N=C/C1CCOCC1. The molecule has 5 nitrogen and oxygen atoms in total. The molecule has 0 spiro atoms. The molecule has 0 aliphatic carbocycles. The molecule has 0 bridgehead atoms. The molecule has 5 heteroatoms. The van der Waals surface area contributed by atoms with E-state index < -0.39 is 0 Å². The van der Waals surface area contributed by atoms with Crippen molar-refractivity contribution in [2.75, 3.05) is 13.2 Å². The molecule has 1 aliphatic heterocycles. The lowest BCUT2D eigenvalue weighted by Crippen LogP contribution is -2.22. The van der Waals surface area contributed by atoms with Crippen molar-refractivity contribution in [1.29, 1.82) is 0 Å². The van der Waals surface area contributed by atoms with Crippen molar-refractivity contribution < 1.29 is 4.74 Å². The van der Waals surface area contributed by atoms with E-state index in [1.54, 1.807) is 6.21 Å². The predicted octanol–water partition coefficient (Wildman–Crippen LogP) is -0.328. The Kier molecular flexibility index (Phi) is 3.53. The third-order valence-electron chi connectivity index (χ3n) is 1.72. The van der Waals surface area contributed by atoms with Crippen molar-refractivity contribution in [3.05, 3.63) is 0 Å². The molecule has 0 atom stereocenters. The Bertz CT molecular complexity index is 180. The van der Waals surface area contributed by atoms with Crippen LogP contribution in [0.15, 0.2) is 10.2 Å². The van der Waals surface area contributed by atoms with Crippen molar-refractivity contribution in [2.45, 2.75) is 12.8 Å². The van der Waals surface area contributed by atoms with Crippen LogP contribution in [0.1, 0.15) is 12.8 Å². The van der Waals surface area contributed by atoms with Gasteiger partial charge in [0.05, 0.1) is 0 Å². The number of ether oxygens (including phenoxy) is 1. The molecule has 0 aromatic heterocycles. The number of nitrogens with two attached hydrogens (primary N) is 2. The first-order chi connectivity index (χ1) is 5.79. The van der Waals surface area contributed by atoms with E-state index in [4.69, 9.17) is 16.2 Å². The van der Waals surface area contributed by atoms with E-state index in [1.807, 2.05) is 0 Å². The summed E-state index contributed by atoms with van der Waals surface area (Å²) in [5, 5.41) is 7.27.